The maximum absolute atomic E-state index is 4.87. The van der Waals surface area contributed by atoms with Crippen molar-refractivity contribution in [3.8, 4) is 0 Å². The highest BCUT2D eigenvalue weighted by Crippen LogP contribution is 2.44. The Kier molecular flexibility index (Phi) is 4.05. The lowest BCUT2D eigenvalue weighted by atomic mass is 9.70. The average molecular weight is 395 g/mol. The van der Waals surface area contributed by atoms with Crippen molar-refractivity contribution in [2.75, 3.05) is 0 Å². The molecule has 0 saturated heterocycles. The molecule has 0 radical (unpaired) electrons. The zero-order valence-electron chi connectivity index (χ0n) is 16.9. The fourth-order valence-electron chi connectivity index (χ4n) is 4.34. The second-order valence-corrected chi connectivity index (χ2v) is 9.74. The van der Waals surface area contributed by atoms with Gasteiger partial charge in [-0.2, -0.15) is 5.10 Å². The van der Waals surface area contributed by atoms with Gasteiger partial charge in [0, 0.05) is 11.1 Å². The third kappa shape index (κ3) is 2.83. The molecule has 7 heteroatoms. The molecule has 0 fully saturated rings. The van der Waals surface area contributed by atoms with Crippen LogP contribution in [0.4, 0.5) is 0 Å². The van der Waals surface area contributed by atoms with Crippen LogP contribution >= 0.6 is 11.3 Å². The number of aromatic nitrogens is 6. The molecule has 146 valence electrons. The monoisotopic (exact) mass is 394 g/mol. The van der Waals surface area contributed by atoms with Crippen LogP contribution in [0.3, 0.4) is 0 Å². The fourth-order valence-corrected chi connectivity index (χ4v) is 5.60. The van der Waals surface area contributed by atoms with Gasteiger partial charge in [0.25, 0.3) is 0 Å². The van der Waals surface area contributed by atoms with E-state index in [0.717, 1.165) is 40.8 Å². The number of hydrogen-bond acceptors (Lipinski definition) is 5. The number of nitrogens with zero attached hydrogens (tertiary/aromatic N) is 6. The largest absolute Gasteiger partial charge is 0.265 e. The van der Waals surface area contributed by atoms with Gasteiger partial charge in [-0.05, 0) is 49.1 Å². The summed E-state index contributed by atoms with van der Waals surface area (Å²) in [6.45, 7) is 9.70. The predicted molar refractivity (Wildman–Crippen MR) is 112 cm³/mol. The van der Waals surface area contributed by atoms with Gasteiger partial charge in [0.2, 0.25) is 0 Å². The summed E-state index contributed by atoms with van der Waals surface area (Å²) in [4.78, 5) is 12.2. The van der Waals surface area contributed by atoms with Gasteiger partial charge >= 0.3 is 0 Å². The summed E-state index contributed by atoms with van der Waals surface area (Å²) >= 11 is 1.85. The van der Waals surface area contributed by atoms with Gasteiger partial charge < -0.3 is 0 Å². The first-order valence-corrected chi connectivity index (χ1v) is 10.9. The van der Waals surface area contributed by atoms with E-state index in [9.17, 15) is 0 Å². The van der Waals surface area contributed by atoms with E-state index in [0.29, 0.717) is 12.0 Å². The lowest BCUT2D eigenvalue weighted by molar-refractivity contribution is 0.184. The molecule has 0 N–H and O–H groups in total. The van der Waals surface area contributed by atoms with Crippen LogP contribution in [-0.2, 0) is 19.4 Å². The van der Waals surface area contributed by atoms with Crippen LogP contribution in [0.2, 0.25) is 0 Å². The topological polar surface area (TPSA) is 60.9 Å². The van der Waals surface area contributed by atoms with Gasteiger partial charge in [0.15, 0.2) is 11.5 Å². The lowest BCUT2D eigenvalue weighted by Gasteiger charge is -2.36. The molecule has 1 aliphatic carbocycles. The molecule has 0 saturated carbocycles. The predicted octanol–water partition coefficient (Wildman–Crippen LogP) is 4.43. The molecule has 0 amide bonds. The SMILES string of the molecule is CCC(C)(C)[C@H]1CCc2c(sc3ncn4nc(Cn5ccc(C)n5)nc4c23)C1. The highest BCUT2D eigenvalue weighted by Gasteiger charge is 2.33. The molecule has 1 atom stereocenters. The van der Waals surface area contributed by atoms with Crippen LogP contribution in [0, 0.1) is 18.3 Å². The normalized spacial score (nSPS) is 17.5. The summed E-state index contributed by atoms with van der Waals surface area (Å²) in [7, 11) is 0. The van der Waals surface area contributed by atoms with Crippen molar-refractivity contribution in [2.45, 2.75) is 59.9 Å². The molecule has 0 bridgehead atoms. The second-order valence-electron chi connectivity index (χ2n) is 8.66. The number of fused-ring (bicyclic) bond motifs is 5. The Labute approximate surface area is 168 Å². The molecule has 6 nitrogen and oxygen atoms in total. The first-order chi connectivity index (χ1) is 13.4. The van der Waals surface area contributed by atoms with E-state index < -0.39 is 0 Å². The number of rotatable bonds is 4. The molecule has 4 heterocycles. The third-order valence-electron chi connectivity index (χ3n) is 6.52. The molecule has 0 aromatic carbocycles. The van der Waals surface area contributed by atoms with Crippen molar-refractivity contribution in [2.24, 2.45) is 11.3 Å². The van der Waals surface area contributed by atoms with E-state index in [4.69, 9.17) is 9.97 Å². The maximum atomic E-state index is 4.87. The Balaban J connectivity index is 1.55. The van der Waals surface area contributed by atoms with E-state index >= 15 is 0 Å². The molecule has 1 aliphatic rings. The van der Waals surface area contributed by atoms with Crippen LogP contribution in [0.1, 0.15) is 55.6 Å². The van der Waals surface area contributed by atoms with Gasteiger partial charge in [-0.25, -0.2) is 14.5 Å². The Morgan fingerprint density at radius 1 is 1.29 bits per heavy atom. The zero-order chi connectivity index (χ0) is 19.5. The van der Waals surface area contributed by atoms with Crippen molar-refractivity contribution < 1.29 is 0 Å². The first-order valence-electron chi connectivity index (χ1n) is 10.1. The lowest BCUT2D eigenvalue weighted by Crippen LogP contribution is -2.28. The van der Waals surface area contributed by atoms with Crippen molar-refractivity contribution in [3.05, 3.63) is 40.5 Å². The quantitative estimate of drug-likeness (QED) is 0.514. The number of aryl methyl sites for hydroxylation is 2. The van der Waals surface area contributed by atoms with Gasteiger partial charge in [-0.3, -0.25) is 4.68 Å². The summed E-state index contributed by atoms with van der Waals surface area (Å²) < 4.78 is 3.72. The standard InChI is InChI=1S/C21H26N6S/c1-5-21(3,4)14-6-7-15-16(10-14)28-20-18(15)19-23-17(25-27(19)12-22-20)11-26-9-8-13(2)24-26/h8-9,12,14H,5-7,10-11H2,1-4H3/t14-/m0/s1. The van der Waals surface area contributed by atoms with E-state index in [1.165, 1.54) is 28.7 Å². The zero-order valence-corrected chi connectivity index (χ0v) is 17.8. The Bertz CT molecular complexity index is 1160. The molecule has 4 aromatic heterocycles. The van der Waals surface area contributed by atoms with Crippen LogP contribution in [0.25, 0.3) is 15.9 Å². The highest BCUT2D eigenvalue weighted by molar-refractivity contribution is 7.19. The number of hydrogen-bond donors (Lipinski definition) is 0. The van der Waals surface area contributed by atoms with Crippen molar-refractivity contribution in [1.29, 1.82) is 0 Å². The number of thiophene rings is 1. The molecule has 0 unspecified atom stereocenters. The molecule has 0 spiro atoms. The minimum atomic E-state index is 0.389. The van der Waals surface area contributed by atoms with E-state index in [-0.39, 0.29) is 0 Å². The van der Waals surface area contributed by atoms with Crippen molar-refractivity contribution >= 4 is 27.2 Å². The summed E-state index contributed by atoms with van der Waals surface area (Å²) in [5, 5.41) is 10.3. The van der Waals surface area contributed by atoms with Gasteiger partial charge in [-0.1, -0.05) is 27.2 Å². The van der Waals surface area contributed by atoms with Crippen LogP contribution in [0.15, 0.2) is 18.6 Å². The summed E-state index contributed by atoms with van der Waals surface area (Å²) in [5.74, 6) is 1.52. The Morgan fingerprint density at radius 3 is 2.89 bits per heavy atom. The van der Waals surface area contributed by atoms with E-state index in [2.05, 4.69) is 31.0 Å². The van der Waals surface area contributed by atoms with Gasteiger partial charge in [-0.15, -0.1) is 16.4 Å². The average Bonchev–Trinajstić information content (AvgIpc) is 3.36. The molecule has 5 rings (SSSR count). The van der Waals surface area contributed by atoms with Crippen molar-refractivity contribution in [3.63, 3.8) is 0 Å². The first kappa shape index (κ1) is 17.8. The molecule has 0 aliphatic heterocycles. The maximum Gasteiger partial charge on any atom is 0.173 e. The summed E-state index contributed by atoms with van der Waals surface area (Å²) in [6.07, 6.45) is 8.52. The molecule has 4 aromatic rings. The fraction of sp³-hybridized carbons (Fsp3) is 0.524. The van der Waals surface area contributed by atoms with Crippen LogP contribution < -0.4 is 0 Å². The Hall–Kier alpha value is -2.28. The minimum absolute atomic E-state index is 0.389. The second kappa shape index (κ2) is 6.37. The summed E-state index contributed by atoms with van der Waals surface area (Å²) in [6, 6.07) is 2.00. The van der Waals surface area contributed by atoms with Crippen molar-refractivity contribution in [1.82, 2.24) is 29.4 Å². The Morgan fingerprint density at radius 2 is 2.14 bits per heavy atom. The van der Waals surface area contributed by atoms with Crippen LogP contribution in [-0.4, -0.2) is 29.4 Å². The molecular weight excluding hydrogens is 368 g/mol. The van der Waals surface area contributed by atoms with Crippen LogP contribution in [0.5, 0.6) is 0 Å². The highest BCUT2D eigenvalue weighted by atomic mass is 32.1. The molecule has 28 heavy (non-hydrogen) atoms. The smallest absolute Gasteiger partial charge is 0.173 e. The summed E-state index contributed by atoms with van der Waals surface area (Å²) in [5.41, 5.74) is 3.79. The van der Waals surface area contributed by atoms with Gasteiger partial charge in [0.1, 0.15) is 17.7 Å². The third-order valence-corrected chi connectivity index (χ3v) is 7.69. The van der Waals surface area contributed by atoms with E-state index in [1.54, 1.807) is 6.33 Å². The van der Waals surface area contributed by atoms with E-state index in [1.807, 2.05) is 39.7 Å². The molecular formula is C21H26N6S. The van der Waals surface area contributed by atoms with Gasteiger partial charge in [0.05, 0.1) is 11.1 Å². The minimum Gasteiger partial charge on any atom is -0.265 e.